The molecule has 0 bridgehead atoms. The Balaban J connectivity index is 1.80. The first-order chi connectivity index (χ1) is 14.5. The van der Waals surface area contributed by atoms with Crippen LogP contribution in [-0.4, -0.2) is 46.1 Å². The van der Waals surface area contributed by atoms with Crippen LogP contribution in [0.4, 0.5) is 5.82 Å². The van der Waals surface area contributed by atoms with Gasteiger partial charge < -0.3 is 4.90 Å². The topological polar surface area (TPSA) is 63.2 Å². The molecule has 5 nitrogen and oxygen atoms in total. The van der Waals surface area contributed by atoms with Gasteiger partial charge in [0.25, 0.3) is 0 Å². The molecule has 0 spiro atoms. The van der Waals surface area contributed by atoms with Crippen molar-refractivity contribution >= 4 is 29.1 Å². The van der Waals surface area contributed by atoms with Crippen LogP contribution in [0.25, 0.3) is 22.5 Å². The Morgan fingerprint density at radius 1 is 0.800 bits per heavy atom. The summed E-state index contributed by atoms with van der Waals surface area (Å²) >= 11 is 1.95. The molecule has 152 valence electrons. The van der Waals surface area contributed by atoms with E-state index in [1.54, 1.807) is 13.8 Å². The van der Waals surface area contributed by atoms with Crippen molar-refractivity contribution in [2.24, 2.45) is 0 Å². The maximum absolute atomic E-state index is 11.7. The van der Waals surface area contributed by atoms with Crippen molar-refractivity contribution in [2.45, 2.75) is 13.8 Å². The maximum atomic E-state index is 11.7. The van der Waals surface area contributed by atoms with Crippen LogP contribution in [0.2, 0.25) is 0 Å². The molecule has 0 aliphatic carbocycles. The Bertz CT molecular complexity index is 1070. The molecule has 1 aromatic heterocycles. The number of thioether (sulfide) groups is 1. The van der Waals surface area contributed by atoms with E-state index in [0.29, 0.717) is 11.1 Å². The lowest BCUT2D eigenvalue weighted by atomic mass is 10.0. The van der Waals surface area contributed by atoms with Gasteiger partial charge in [-0.1, -0.05) is 48.5 Å². The minimum atomic E-state index is 0.0333. The molecule has 0 amide bonds. The second-order valence-corrected chi connectivity index (χ2v) is 8.52. The first-order valence-electron chi connectivity index (χ1n) is 9.95. The molecule has 0 unspecified atom stereocenters. The van der Waals surface area contributed by atoms with E-state index in [1.165, 1.54) is 0 Å². The third-order valence-electron chi connectivity index (χ3n) is 5.22. The zero-order valence-electron chi connectivity index (χ0n) is 17.1. The quantitative estimate of drug-likeness (QED) is 0.557. The van der Waals surface area contributed by atoms with E-state index < -0.39 is 0 Å². The van der Waals surface area contributed by atoms with Crippen molar-refractivity contribution in [1.82, 2.24) is 9.97 Å². The Morgan fingerprint density at radius 3 is 1.80 bits per heavy atom. The summed E-state index contributed by atoms with van der Waals surface area (Å²) in [5.41, 5.74) is 4.68. The highest BCUT2D eigenvalue weighted by atomic mass is 32.2. The minimum absolute atomic E-state index is 0.0333. The normalized spacial score (nSPS) is 13.9. The SMILES string of the molecule is CC(=O)c1ccc(-c2ncc(N3CCSCC3)nc2-c2ccc(C(C)=O)cc2)cc1. The average Bonchev–Trinajstić information content (AvgIpc) is 2.79. The highest BCUT2D eigenvalue weighted by Crippen LogP contribution is 2.31. The van der Waals surface area contributed by atoms with E-state index >= 15 is 0 Å². The third kappa shape index (κ3) is 4.28. The molecule has 1 fully saturated rings. The lowest BCUT2D eigenvalue weighted by molar-refractivity contribution is 0.100. The van der Waals surface area contributed by atoms with Crippen LogP contribution >= 0.6 is 11.8 Å². The van der Waals surface area contributed by atoms with Crippen LogP contribution in [0.15, 0.2) is 54.7 Å². The Morgan fingerprint density at radius 2 is 1.30 bits per heavy atom. The largest absolute Gasteiger partial charge is 0.354 e. The Labute approximate surface area is 180 Å². The number of Topliss-reactive ketones (excluding diaryl/α,β-unsaturated/α-hetero) is 2. The van der Waals surface area contributed by atoms with Gasteiger partial charge in [-0.15, -0.1) is 0 Å². The van der Waals surface area contributed by atoms with Gasteiger partial charge in [-0.25, -0.2) is 4.98 Å². The Kier molecular flexibility index (Phi) is 5.95. The van der Waals surface area contributed by atoms with Crippen LogP contribution in [-0.2, 0) is 0 Å². The van der Waals surface area contributed by atoms with E-state index in [4.69, 9.17) is 9.97 Å². The molecular formula is C24H23N3O2S. The van der Waals surface area contributed by atoms with E-state index in [2.05, 4.69) is 4.90 Å². The minimum Gasteiger partial charge on any atom is -0.354 e. The summed E-state index contributed by atoms with van der Waals surface area (Å²) in [6.07, 6.45) is 1.83. The van der Waals surface area contributed by atoms with Crippen molar-refractivity contribution in [3.63, 3.8) is 0 Å². The Hall–Kier alpha value is -2.99. The van der Waals surface area contributed by atoms with Crippen LogP contribution in [0, 0.1) is 0 Å². The highest BCUT2D eigenvalue weighted by Gasteiger charge is 2.18. The summed E-state index contributed by atoms with van der Waals surface area (Å²) in [4.78, 5) is 35.3. The van der Waals surface area contributed by atoms with Gasteiger partial charge in [0, 0.05) is 46.8 Å². The number of ketones is 2. The molecule has 2 heterocycles. The van der Waals surface area contributed by atoms with E-state index in [-0.39, 0.29) is 11.6 Å². The molecule has 4 rings (SSSR count). The van der Waals surface area contributed by atoms with Crippen LogP contribution in [0.5, 0.6) is 0 Å². The van der Waals surface area contributed by atoms with Crippen molar-refractivity contribution in [1.29, 1.82) is 0 Å². The third-order valence-corrected chi connectivity index (χ3v) is 6.17. The van der Waals surface area contributed by atoms with Gasteiger partial charge in [0.05, 0.1) is 17.6 Å². The van der Waals surface area contributed by atoms with Gasteiger partial charge in [-0.3, -0.25) is 14.6 Å². The second kappa shape index (κ2) is 8.79. The standard InChI is InChI=1S/C24H23N3O2S/c1-16(28)18-3-7-20(8-4-18)23-24(21-9-5-19(6-10-21)17(2)29)26-22(15-25-23)27-11-13-30-14-12-27/h3-10,15H,11-14H2,1-2H3. The average molecular weight is 418 g/mol. The van der Waals surface area contributed by atoms with Crippen molar-refractivity contribution < 1.29 is 9.59 Å². The van der Waals surface area contributed by atoms with Crippen molar-refractivity contribution in [3.05, 3.63) is 65.9 Å². The fraction of sp³-hybridized carbons (Fsp3) is 0.250. The molecule has 3 aromatic rings. The number of hydrogen-bond donors (Lipinski definition) is 0. The fourth-order valence-corrected chi connectivity index (χ4v) is 4.37. The predicted molar refractivity (Wildman–Crippen MR) is 122 cm³/mol. The lowest BCUT2D eigenvalue weighted by Crippen LogP contribution is -2.33. The summed E-state index contributed by atoms with van der Waals surface area (Å²) < 4.78 is 0. The number of anilines is 1. The fourth-order valence-electron chi connectivity index (χ4n) is 3.46. The zero-order valence-corrected chi connectivity index (χ0v) is 17.9. The lowest BCUT2D eigenvalue weighted by Gasteiger charge is -2.27. The number of nitrogens with zero attached hydrogens (tertiary/aromatic N) is 3. The molecule has 1 aliphatic rings. The number of rotatable bonds is 5. The molecule has 1 aliphatic heterocycles. The number of aromatic nitrogens is 2. The predicted octanol–water partition coefficient (Wildman–Crippen LogP) is 4.77. The number of carbonyl (C=O) groups excluding carboxylic acids is 2. The molecule has 0 atom stereocenters. The summed E-state index contributed by atoms with van der Waals surface area (Å²) in [6.45, 7) is 5.03. The second-order valence-electron chi connectivity index (χ2n) is 7.29. The molecule has 0 N–H and O–H groups in total. The van der Waals surface area contributed by atoms with Gasteiger partial charge in [0.1, 0.15) is 5.82 Å². The first kappa shape index (κ1) is 20.3. The van der Waals surface area contributed by atoms with Gasteiger partial charge in [-0.05, 0) is 13.8 Å². The number of carbonyl (C=O) groups is 2. The van der Waals surface area contributed by atoms with E-state index in [0.717, 1.165) is 52.9 Å². The van der Waals surface area contributed by atoms with Gasteiger partial charge in [-0.2, -0.15) is 11.8 Å². The summed E-state index contributed by atoms with van der Waals surface area (Å²) in [7, 11) is 0. The molecule has 0 saturated carbocycles. The molecule has 0 radical (unpaired) electrons. The molecular weight excluding hydrogens is 394 g/mol. The van der Waals surface area contributed by atoms with E-state index in [9.17, 15) is 9.59 Å². The smallest absolute Gasteiger partial charge is 0.159 e. The van der Waals surface area contributed by atoms with Crippen LogP contribution in [0.3, 0.4) is 0 Å². The van der Waals surface area contributed by atoms with Crippen molar-refractivity contribution in [2.75, 3.05) is 29.5 Å². The first-order valence-corrected chi connectivity index (χ1v) is 11.1. The van der Waals surface area contributed by atoms with Gasteiger partial charge in [0.15, 0.2) is 11.6 Å². The summed E-state index contributed by atoms with van der Waals surface area (Å²) in [5.74, 6) is 3.10. The van der Waals surface area contributed by atoms with E-state index in [1.807, 2.05) is 66.5 Å². The number of hydrogen-bond acceptors (Lipinski definition) is 6. The molecule has 2 aromatic carbocycles. The van der Waals surface area contributed by atoms with Crippen LogP contribution in [0.1, 0.15) is 34.6 Å². The molecule has 1 saturated heterocycles. The summed E-state index contributed by atoms with van der Waals surface area (Å²) in [5, 5.41) is 0. The van der Waals surface area contributed by atoms with Gasteiger partial charge in [0.2, 0.25) is 0 Å². The van der Waals surface area contributed by atoms with Gasteiger partial charge >= 0.3 is 0 Å². The summed E-state index contributed by atoms with van der Waals surface area (Å²) in [6, 6.07) is 14.9. The monoisotopic (exact) mass is 417 g/mol. The maximum Gasteiger partial charge on any atom is 0.159 e. The zero-order chi connectivity index (χ0) is 21.1. The van der Waals surface area contributed by atoms with Crippen LogP contribution < -0.4 is 4.90 Å². The van der Waals surface area contributed by atoms with Crippen molar-refractivity contribution in [3.8, 4) is 22.5 Å². The highest BCUT2D eigenvalue weighted by molar-refractivity contribution is 7.99. The molecule has 6 heteroatoms. The number of benzene rings is 2. The molecule has 30 heavy (non-hydrogen) atoms.